The minimum Gasteiger partial charge on any atom is -0.367 e. The van der Waals surface area contributed by atoms with Gasteiger partial charge in [0.25, 0.3) is 0 Å². The number of carbonyl (C=O) groups excluding carboxylic acids is 1. The maximum atomic E-state index is 13.6. The third kappa shape index (κ3) is 1.66. The van der Waals surface area contributed by atoms with Gasteiger partial charge in [-0.25, -0.2) is 8.78 Å². The fourth-order valence-corrected chi connectivity index (χ4v) is 2.06. The summed E-state index contributed by atoms with van der Waals surface area (Å²) in [4.78, 5) is 11.9. The number of hydrogen-bond acceptors (Lipinski definition) is 2. The van der Waals surface area contributed by atoms with Crippen molar-refractivity contribution in [2.45, 2.75) is 32.2 Å². The van der Waals surface area contributed by atoms with Gasteiger partial charge in [0.05, 0.1) is 11.4 Å². The Kier molecular flexibility index (Phi) is 2.77. The third-order valence-electron chi connectivity index (χ3n) is 3.35. The van der Waals surface area contributed by atoms with Crippen molar-refractivity contribution in [2.24, 2.45) is 0 Å². The lowest BCUT2D eigenvalue weighted by atomic mass is 9.89. The SMILES string of the molecule is CCC1(CC)Nc2c(ccc(F)c2F)NC1=O. The molecule has 3 nitrogen and oxygen atoms in total. The zero-order valence-corrected chi connectivity index (χ0v) is 9.73. The highest BCUT2D eigenvalue weighted by Crippen LogP contribution is 2.36. The number of amides is 1. The van der Waals surface area contributed by atoms with Gasteiger partial charge in [-0.1, -0.05) is 13.8 Å². The van der Waals surface area contributed by atoms with E-state index in [-0.39, 0.29) is 17.3 Å². The van der Waals surface area contributed by atoms with Gasteiger partial charge in [-0.15, -0.1) is 0 Å². The maximum Gasteiger partial charge on any atom is 0.250 e. The molecular weight excluding hydrogens is 226 g/mol. The monoisotopic (exact) mass is 240 g/mol. The topological polar surface area (TPSA) is 41.1 Å². The first-order valence-corrected chi connectivity index (χ1v) is 5.61. The number of anilines is 2. The minimum atomic E-state index is -0.950. The Morgan fingerprint density at radius 3 is 2.47 bits per heavy atom. The summed E-state index contributed by atoms with van der Waals surface area (Å²) < 4.78 is 26.8. The first-order chi connectivity index (χ1) is 8.04. The Bertz CT molecular complexity index is 470. The van der Waals surface area contributed by atoms with Gasteiger partial charge in [0.15, 0.2) is 11.6 Å². The minimum absolute atomic E-state index is 0.0355. The summed E-state index contributed by atoms with van der Waals surface area (Å²) in [7, 11) is 0. The van der Waals surface area contributed by atoms with E-state index < -0.39 is 17.2 Å². The average molecular weight is 240 g/mol. The van der Waals surface area contributed by atoms with Crippen LogP contribution in [0.1, 0.15) is 26.7 Å². The molecule has 2 rings (SSSR count). The van der Waals surface area contributed by atoms with Crippen LogP contribution in [0.4, 0.5) is 20.2 Å². The van der Waals surface area contributed by atoms with Crippen molar-refractivity contribution >= 4 is 17.3 Å². The molecule has 1 heterocycles. The zero-order valence-electron chi connectivity index (χ0n) is 9.73. The second-order valence-electron chi connectivity index (χ2n) is 4.15. The summed E-state index contributed by atoms with van der Waals surface area (Å²) in [5.41, 5.74) is -0.540. The number of fused-ring (bicyclic) bond motifs is 1. The highest BCUT2D eigenvalue weighted by Gasteiger charge is 2.40. The summed E-state index contributed by atoms with van der Waals surface area (Å²) >= 11 is 0. The predicted octanol–water partition coefficient (Wildman–Crippen LogP) is 2.89. The van der Waals surface area contributed by atoms with E-state index in [1.54, 1.807) is 0 Å². The summed E-state index contributed by atoms with van der Waals surface area (Å²) in [6, 6.07) is 2.36. The van der Waals surface area contributed by atoms with Crippen molar-refractivity contribution in [1.82, 2.24) is 0 Å². The molecule has 0 unspecified atom stereocenters. The van der Waals surface area contributed by atoms with Gasteiger partial charge >= 0.3 is 0 Å². The van der Waals surface area contributed by atoms with Gasteiger partial charge in [0, 0.05) is 0 Å². The standard InChI is InChI=1S/C12H14F2N2O/c1-3-12(4-2)11(17)15-8-6-5-7(13)9(14)10(8)16-12/h5-6,16H,3-4H2,1-2H3,(H,15,17). The maximum absolute atomic E-state index is 13.6. The second kappa shape index (κ2) is 3.98. The Morgan fingerprint density at radius 2 is 1.88 bits per heavy atom. The molecular formula is C12H14F2N2O. The first-order valence-electron chi connectivity index (χ1n) is 5.61. The Hall–Kier alpha value is -1.65. The van der Waals surface area contributed by atoms with E-state index in [1.807, 2.05) is 13.8 Å². The van der Waals surface area contributed by atoms with Crippen LogP contribution >= 0.6 is 0 Å². The number of carbonyl (C=O) groups is 1. The molecule has 0 atom stereocenters. The van der Waals surface area contributed by atoms with Gasteiger partial charge in [-0.05, 0) is 25.0 Å². The molecule has 1 aromatic carbocycles. The van der Waals surface area contributed by atoms with Crippen LogP contribution in [0.5, 0.6) is 0 Å². The first kappa shape index (κ1) is 11.8. The van der Waals surface area contributed by atoms with Gasteiger partial charge in [-0.2, -0.15) is 0 Å². The van der Waals surface area contributed by atoms with Crippen molar-refractivity contribution in [1.29, 1.82) is 0 Å². The molecule has 1 aliphatic rings. The molecule has 1 amide bonds. The van der Waals surface area contributed by atoms with Gasteiger partial charge < -0.3 is 10.6 Å². The van der Waals surface area contributed by atoms with Crippen LogP contribution in [0.15, 0.2) is 12.1 Å². The zero-order chi connectivity index (χ0) is 12.6. The van der Waals surface area contributed by atoms with Crippen LogP contribution in [0.25, 0.3) is 0 Å². The van der Waals surface area contributed by atoms with E-state index in [2.05, 4.69) is 10.6 Å². The Morgan fingerprint density at radius 1 is 1.24 bits per heavy atom. The van der Waals surface area contributed by atoms with E-state index in [1.165, 1.54) is 6.07 Å². The molecule has 0 spiro atoms. The lowest BCUT2D eigenvalue weighted by Gasteiger charge is -2.37. The van der Waals surface area contributed by atoms with Crippen LogP contribution in [0.3, 0.4) is 0 Å². The highest BCUT2D eigenvalue weighted by atomic mass is 19.2. The smallest absolute Gasteiger partial charge is 0.250 e. The summed E-state index contributed by atoms with van der Waals surface area (Å²) in [5, 5.41) is 5.45. The Labute approximate surface area is 98.2 Å². The fourth-order valence-electron chi connectivity index (χ4n) is 2.06. The van der Waals surface area contributed by atoms with Gasteiger partial charge in [0.1, 0.15) is 5.54 Å². The van der Waals surface area contributed by atoms with Crippen molar-refractivity contribution in [2.75, 3.05) is 10.6 Å². The van der Waals surface area contributed by atoms with Gasteiger partial charge in [-0.3, -0.25) is 4.79 Å². The summed E-state index contributed by atoms with van der Waals surface area (Å²) in [6.07, 6.45) is 1.01. The largest absolute Gasteiger partial charge is 0.367 e. The normalized spacial score (nSPS) is 17.1. The molecule has 2 N–H and O–H groups in total. The Balaban J connectivity index is 2.52. The van der Waals surface area contributed by atoms with Crippen LogP contribution in [0, 0.1) is 11.6 Å². The van der Waals surface area contributed by atoms with Crippen LogP contribution in [-0.2, 0) is 4.79 Å². The lowest BCUT2D eigenvalue weighted by molar-refractivity contribution is -0.120. The molecule has 92 valence electrons. The fraction of sp³-hybridized carbons (Fsp3) is 0.417. The van der Waals surface area contributed by atoms with E-state index >= 15 is 0 Å². The highest BCUT2D eigenvalue weighted by molar-refractivity contribution is 6.06. The summed E-state index contributed by atoms with van der Waals surface area (Å²) in [6.45, 7) is 3.66. The molecule has 1 aliphatic heterocycles. The number of benzene rings is 1. The van der Waals surface area contributed by atoms with Crippen LogP contribution in [0.2, 0.25) is 0 Å². The molecule has 0 fully saturated rings. The van der Waals surface area contributed by atoms with Crippen molar-refractivity contribution in [3.8, 4) is 0 Å². The number of hydrogen-bond donors (Lipinski definition) is 2. The molecule has 0 aliphatic carbocycles. The summed E-state index contributed by atoms with van der Waals surface area (Å²) in [5.74, 6) is -2.08. The molecule has 0 radical (unpaired) electrons. The van der Waals surface area contributed by atoms with E-state index in [4.69, 9.17) is 0 Å². The van der Waals surface area contributed by atoms with Gasteiger partial charge in [0.2, 0.25) is 5.91 Å². The van der Waals surface area contributed by atoms with E-state index in [0.717, 1.165) is 6.07 Å². The van der Waals surface area contributed by atoms with Crippen LogP contribution in [-0.4, -0.2) is 11.4 Å². The number of halogens is 2. The molecule has 0 saturated heterocycles. The molecule has 17 heavy (non-hydrogen) atoms. The molecule has 0 saturated carbocycles. The number of nitrogens with one attached hydrogen (secondary N) is 2. The van der Waals surface area contributed by atoms with Crippen molar-refractivity contribution in [3.63, 3.8) is 0 Å². The predicted molar refractivity (Wildman–Crippen MR) is 61.9 cm³/mol. The molecule has 0 aromatic heterocycles. The van der Waals surface area contributed by atoms with E-state index in [0.29, 0.717) is 12.8 Å². The molecule has 0 bridgehead atoms. The molecule has 5 heteroatoms. The quantitative estimate of drug-likeness (QED) is 0.834. The lowest BCUT2D eigenvalue weighted by Crippen LogP contribution is -2.52. The van der Waals surface area contributed by atoms with Crippen molar-refractivity contribution < 1.29 is 13.6 Å². The second-order valence-corrected chi connectivity index (χ2v) is 4.15. The molecule has 1 aromatic rings. The average Bonchev–Trinajstić information content (AvgIpc) is 2.34. The van der Waals surface area contributed by atoms with E-state index in [9.17, 15) is 13.6 Å². The third-order valence-corrected chi connectivity index (χ3v) is 3.35. The number of rotatable bonds is 2. The van der Waals surface area contributed by atoms with Crippen LogP contribution < -0.4 is 10.6 Å². The van der Waals surface area contributed by atoms with Crippen molar-refractivity contribution in [3.05, 3.63) is 23.8 Å².